The molecule has 5 aliphatic rings. The molecule has 9 nitrogen and oxygen atoms in total. The fourth-order valence-electron chi connectivity index (χ4n) is 6.53. The number of nitrogens with two attached hydrogens (primary N) is 1. The van der Waals surface area contributed by atoms with Crippen LogP contribution in [0.4, 0.5) is 5.69 Å². The Labute approximate surface area is 229 Å². The number of primary amides is 1. The maximum Gasteiger partial charge on any atom is 0.252 e. The van der Waals surface area contributed by atoms with Crippen LogP contribution >= 0.6 is 0 Å². The Morgan fingerprint density at radius 2 is 1.77 bits per heavy atom. The lowest BCUT2D eigenvalue weighted by Crippen LogP contribution is -2.41. The van der Waals surface area contributed by atoms with Crippen molar-refractivity contribution < 1.29 is 29.3 Å². The van der Waals surface area contributed by atoms with Crippen LogP contribution in [0.25, 0.3) is 0 Å². The second-order valence-corrected chi connectivity index (χ2v) is 11.1. The molecule has 210 valence electrons. The van der Waals surface area contributed by atoms with Gasteiger partial charge in [-0.15, -0.1) is 0 Å². The second kappa shape index (κ2) is 10.9. The highest BCUT2D eigenvalue weighted by molar-refractivity contribution is 6.16. The van der Waals surface area contributed by atoms with E-state index >= 15 is 0 Å². The minimum absolute atomic E-state index is 0.0464. The van der Waals surface area contributed by atoms with Gasteiger partial charge in [0.05, 0.1) is 16.7 Å². The topological polar surface area (TPSA) is 145 Å². The van der Waals surface area contributed by atoms with E-state index in [4.69, 9.17) is 10.5 Å². The fourth-order valence-corrected chi connectivity index (χ4v) is 6.53. The Morgan fingerprint density at radius 1 is 1.18 bits per heavy atom. The first kappa shape index (κ1) is 28.4. The second-order valence-electron chi connectivity index (χ2n) is 11.1. The van der Waals surface area contributed by atoms with Gasteiger partial charge < -0.3 is 30.9 Å². The zero-order valence-corrected chi connectivity index (χ0v) is 23.2. The number of aldehydes is 1. The minimum atomic E-state index is -1.02. The Morgan fingerprint density at radius 3 is 2.28 bits per heavy atom. The molecule has 1 spiro atoms. The van der Waals surface area contributed by atoms with E-state index in [-0.39, 0.29) is 57.8 Å². The number of ketones is 1. The molecule has 3 atom stereocenters. The van der Waals surface area contributed by atoms with E-state index in [9.17, 15) is 24.6 Å². The normalized spacial score (nSPS) is 25.9. The Bertz CT molecular complexity index is 1280. The number of rotatable bonds is 3. The Hall–Kier alpha value is -3.59. The molecule has 0 bridgehead atoms. The first-order chi connectivity index (χ1) is 18.5. The molecule has 6 rings (SSSR count). The Balaban J connectivity index is 0.000000385. The van der Waals surface area contributed by atoms with Gasteiger partial charge in [0.25, 0.3) is 5.91 Å². The molecule has 1 amide bonds. The summed E-state index contributed by atoms with van der Waals surface area (Å²) in [4.78, 5) is 38.8. The SMILES string of the molecule is C1CCCC1.C=C1C(C(N)=O)=C(O)C[C@@H]2CC3Cc4c(N(C)C)cc(C=O)c(O)c4C(=O)C3=C3O[C@]132.CNC. The molecule has 4 aliphatic carbocycles. The first-order valence-corrected chi connectivity index (χ1v) is 13.5. The van der Waals surface area contributed by atoms with Gasteiger partial charge >= 0.3 is 0 Å². The minimum Gasteiger partial charge on any atom is -0.511 e. The van der Waals surface area contributed by atoms with Crippen LogP contribution in [0.5, 0.6) is 5.75 Å². The maximum absolute atomic E-state index is 13.6. The van der Waals surface area contributed by atoms with Crippen LogP contribution in [0.15, 0.2) is 40.9 Å². The molecular weight excluding hydrogens is 498 g/mol. The molecule has 0 radical (unpaired) electrons. The smallest absolute Gasteiger partial charge is 0.252 e. The van der Waals surface area contributed by atoms with Gasteiger partial charge in [-0.05, 0) is 44.5 Å². The van der Waals surface area contributed by atoms with Gasteiger partial charge in [-0.2, -0.15) is 0 Å². The number of hydrogen-bond acceptors (Lipinski definition) is 8. The number of allylic oxidation sites excluding steroid dienone is 2. The summed E-state index contributed by atoms with van der Waals surface area (Å²) >= 11 is 0. The van der Waals surface area contributed by atoms with Crippen LogP contribution in [-0.2, 0) is 16.0 Å². The van der Waals surface area contributed by atoms with E-state index in [1.54, 1.807) is 6.07 Å². The van der Waals surface area contributed by atoms with Gasteiger partial charge in [0, 0.05) is 43.3 Å². The highest BCUT2D eigenvalue weighted by Gasteiger charge is 2.69. The van der Waals surface area contributed by atoms with Crippen LogP contribution in [0.1, 0.15) is 71.2 Å². The van der Waals surface area contributed by atoms with Crippen molar-refractivity contribution in [2.24, 2.45) is 17.6 Å². The molecule has 39 heavy (non-hydrogen) atoms. The lowest BCUT2D eigenvalue weighted by atomic mass is 9.62. The lowest BCUT2D eigenvalue weighted by molar-refractivity contribution is -0.114. The summed E-state index contributed by atoms with van der Waals surface area (Å²) in [6.07, 6.45) is 9.26. The van der Waals surface area contributed by atoms with Crippen LogP contribution in [0, 0.1) is 11.8 Å². The monoisotopic (exact) mass is 537 g/mol. The fraction of sp³-hybridized carbons (Fsp3) is 0.500. The Kier molecular flexibility index (Phi) is 7.93. The van der Waals surface area contributed by atoms with Gasteiger partial charge in [0.15, 0.2) is 23.4 Å². The van der Waals surface area contributed by atoms with Crippen LogP contribution in [0.3, 0.4) is 0 Å². The number of carbonyl (C=O) groups excluding carboxylic acids is 3. The summed E-state index contributed by atoms with van der Waals surface area (Å²) in [5.41, 5.74) is 6.64. The molecule has 1 saturated heterocycles. The summed E-state index contributed by atoms with van der Waals surface area (Å²) < 4.78 is 5.98. The number of nitrogens with zero attached hydrogens (tertiary/aromatic N) is 1. The van der Waals surface area contributed by atoms with Crippen molar-refractivity contribution in [3.8, 4) is 5.75 Å². The van der Waals surface area contributed by atoms with E-state index < -0.39 is 11.5 Å². The third-order valence-electron chi connectivity index (χ3n) is 8.27. The summed E-state index contributed by atoms with van der Waals surface area (Å²) in [6.45, 7) is 3.96. The maximum atomic E-state index is 13.6. The number of anilines is 1. The highest BCUT2D eigenvalue weighted by Crippen LogP contribution is 2.66. The molecule has 0 aromatic heterocycles. The lowest BCUT2D eigenvalue weighted by Gasteiger charge is -2.38. The van der Waals surface area contributed by atoms with E-state index in [1.807, 2.05) is 33.1 Å². The molecule has 1 unspecified atom stereocenters. The summed E-state index contributed by atoms with van der Waals surface area (Å²) in [5.74, 6) is -1.52. The number of hydrogen-bond donors (Lipinski definition) is 4. The number of aliphatic hydroxyl groups excluding tert-OH is 1. The molecule has 1 heterocycles. The molecule has 5 N–H and O–H groups in total. The predicted octanol–water partition coefficient (Wildman–Crippen LogP) is 3.71. The zero-order valence-electron chi connectivity index (χ0n) is 23.2. The third-order valence-corrected chi connectivity index (χ3v) is 8.27. The van der Waals surface area contributed by atoms with Gasteiger partial charge in [0.1, 0.15) is 11.5 Å². The quantitative estimate of drug-likeness (QED) is 0.337. The number of Topliss-reactive ketones (excluding diaryl/α,β-unsaturated/α-hetero) is 1. The van der Waals surface area contributed by atoms with Crippen molar-refractivity contribution >= 4 is 23.7 Å². The highest BCUT2D eigenvalue weighted by atomic mass is 16.6. The van der Waals surface area contributed by atoms with Gasteiger partial charge in [-0.3, -0.25) is 14.4 Å². The zero-order chi connectivity index (χ0) is 28.6. The molecule has 9 heteroatoms. The number of amides is 1. The number of nitrogens with one attached hydrogen (secondary N) is 1. The number of aromatic hydroxyl groups is 1. The molecule has 1 aliphatic heterocycles. The number of benzene rings is 1. The molecule has 1 saturated carbocycles. The number of epoxide rings is 1. The number of carbonyl (C=O) groups is 3. The first-order valence-electron chi connectivity index (χ1n) is 13.5. The van der Waals surface area contributed by atoms with Crippen molar-refractivity contribution in [1.29, 1.82) is 0 Å². The molecular formula is C30H39N3O6. The average molecular weight is 538 g/mol. The number of phenols is 1. The summed E-state index contributed by atoms with van der Waals surface area (Å²) in [6, 6.07) is 1.59. The van der Waals surface area contributed by atoms with Crippen LogP contribution in [0.2, 0.25) is 0 Å². The standard InChI is InChI=1S/C23H22N2O6.C5H10.C2H7N/c1-9-16(22(24)30)15(27)7-12-4-10-5-13-14(25(2)3)6-11(8-26)19(28)18(13)20(29)17(10)21-23(9,12)31-21;1-2-4-5-3-1;1-3-2/h6,8,10,12,27-28H,1,4-5,7H2,2-3H3,(H2,24,30);1-5H2;3H,1-2H3/t10?,12-,23-;;/m0../s1. The van der Waals surface area contributed by atoms with Gasteiger partial charge in [0.2, 0.25) is 0 Å². The van der Waals surface area contributed by atoms with E-state index in [2.05, 4.69) is 11.9 Å². The van der Waals surface area contributed by atoms with Crippen molar-refractivity contribution in [2.75, 3.05) is 33.1 Å². The predicted molar refractivity (Wildman–Crippen MR) is 149 cm³/mol. The third kappa shape index (κ3) is 4.62. The number of fused-ring (bicyclic) bond motifs is 2. The number of ether oxygens (including phenoxy) is 1. The average Bonchev–Trinajstić information content (AvgIpc) is 3.32. The van der Waals surface area contributed by atoms with Crippen molar-refractivity contribution in [2.45, 2.75) is 57.0 Å². The molecule has 2 fully saturated rings. The molecule has 1 aromatic carbocycles. The summed E-state index contributed by atoms with van der Waals surface area (Å²) in [5, 5.41) is 23.8. The number of phenolic OH excluding ortho intramolecular Hbond substituents is 1. The van der Waals surface area contributed by atoms with Gasteiger partial charge in [-0.25, -0.2) is 0 Å². The largest absolute Gasteiger partial charge is 0.511 e. The van der Waals surface area contributed by atoms with Crippen molar-refractivity contribution in [3.63, 3.8) is 0 Å². The number of aliphatic hydroxyl groups is 1. The summed E-state index contributed by atoms with van der Waals surface area (Å²) in [7, 11) is 7.38. The van der Waals surface area contributed by atoms with Crippen LogP contribution < -0.4 is 16.0 Å². The van der Waals surface area contributed by atoms with Gasteiger partial charge in [-0.1, -0.05) is 38.7 Å². The van der Waals surface area contributed by atoms with E-state index in [1.165, 1.54) is 32.1 Å². The van der Waals surface area contributed by atoms with E-state index in [0.29, 0.717) is 41.7 Å². The van der Waals surface area contributed by atoms with Crippen molar-refractivity contribution in [1.82, 2.24) is 5.32 Å². The van der Waals surface area contributed by atoms with E-state index in [0.717, 1.165) is 0 Å². The van der Waals surface area contributed by atoms with Crippen LogP contribution in [-0.4, -0.2) is 62.0 Å². The van der Waals surface area contributed by atoms with Crippen molar-refractivity contribution in [3.05, 3.63) is 57.6 Å². The molecule has 1 aromatic rings.